The Morgan fingerprint density at radius 3 is 2.65 bits per heavy atom. The molecule has 0 fully saturated rings. The highest BCUT2D eigenvalue weighted by Gasteiger charge is 2.10. The van der Waals surface area contributed by atoms with Crippen LogP contribution < -0.4 is 14.8 Å². The molecule has 1 aromatic heterocycles. The Labute approximate surface area is 138 Å². The summed E-state index contributed by atoms with van der Waals surface area (Å²) in [4.78, 5) is 0. The van der Waals surface area contributed by atoms with Gasteiger partial charge in [-0.15, -0.1) is 0 Å². The number of furan rings is 1. The van der Waals surface area contributed by atoms with E-state index in [0.717, 1.165) is 54.6 Å². The maximum atomic E-state index is 5.76. The van der Waals surface area contributed by atoms with E-state index >= 15 is 0 Å². The summed E-state index contributed by atoms with van der Waals surface area (Å²) in [7, 11) is 1.67. The molecule has 4 heteroatoms. The second-order valence-electron chi connectivity index (χ2n) is 5.74. The zero-order chi connectivity index (χ0) is 16.7. The van der Waals surface area contributed by atoms with Crippen molar-refractivity contribution in [3.05, 3.63) is 47.4 Å². The van der Waals surface area contributed by atoms with E-state index in [2.05, 4.69) is 25.2 Å². The lowest BCUT2D eigenvalue weighted by molar-refractivity contribution is 0.288. The van der Waals surface area contributed by atoms with Gasteiger partial charge in [-0.2, -0.15) is 0 Å². The van der Waals surface area contributed by atoms with E-state index in [4.69, 9.17) is 13.9 Å². The summed E-state index contributed by atoms with van der Waals surface area (Å²) in [6.45, 7) is 7.67. The third-order valence-electron chi connectivity index (χ3n) is 3.78. The highest BCUT2D eigenvalue weighted by molar-refractivity contribution is 5.43. The number of unbranched alkanes of at least 4 members (excludes halogenated alkanes) is 1. The van der Waals surface area contributed by atoms with Crippen LogP contribution in [0.4, 0.5) is 0 Å². The summed E-state index contributed by atoms with van der Waals surface area (Å²) in [6.07, 6.45) is 2.17. The highest BCUT2D eigenvalue weighted by atomic mass is 16.5. The highest BCUT2D eigenvalue weighted by Crippen LogP contribution is 2.28. The quantitative estimate of drug-likeness (QED) is 0.685. The Hall–Kier alpha value is -1.94. The van der Waals surface area contributed by atoms with E-state index in [1.807, 2.05) is 31.2 Å². The van der Waals surface area contributed by atoms with Gasteiger partial charge in [-0.25, -0.2) is 0 Å². The second-order valence-corrected chi connectivity index (χ2v) is 5.74. The predicted molar refractivity (Wildman–Crippen MR) is 92.1 cm³/mol. The lowest BCUT2D eigenvalue weighted by Crippen LogP contribution is -2.17. The molecule has 0 spiro atoms. The first-order chi connectivity index (χ1) is 11.1. The van der Waals surface area contributed by atoms with Gasteiger partial charge in [0.25, 0.3) is 0 Å². The lowest BCUT2D eigenvalue weighted by Gasteiger charge is -2.14. The van der Waals surface area contributed by atoms with Crippen LogP contribution in [0.3, 0.4) is 0 Å². The van der Waals surface area contributed by atoms with Crippen LogP contribution in [0.5, 0.6) is 11.5 Å². The van der Waals surface area contributed by atoms with Crippen molar-refractivity contribution >= 4 is 0 Å². The minimum Gasteiger partial charge on any atom is -0.493 e. The van der Waals surface area contributed by atoms with Crippen molar-refractivity contribution in [3.8, 4) is 11.5 Å². The van der Waals surface area contributed by atoms with Crippen LogP contribution in [-0.4, -0.2) is 13.7 Å². The van der Waals surface area contributed by atoms with Crippen LogP contribution in [-0.2, 0) is 6.54 Å². The fraction of sp³-hybridized carbons (Fsp3) is 0.474. The Balaban J connectivity index is 1.94. The summed E-state index contributed by atoms with van der Waals surface area (Å²) in [5, 5.41) is 3.46. The molecule has 0 saturated carbocycles. The minimum absolute atomic E-state index is 0.162. The van der Waals surface area contributed by atoms with Crippen molar-refractivity contribution in [3.63, 3.8) is 0 Å². The Bertz CT molecular complexity index is 606. The number of aryl methyl sites for hydroxylation is 1. The van der Waals surface area contributed by atoms with Gasteiger partial charge in [-0.05, 0) is 50.1 Å². The molecule has 23 heavy (non-hydrogen) atoms. The lowest BCUT2D eigenvalue weighted by atomic mass is 10.1. The van der Waals surface area contributed by atoms with Gasteiger partial charge in [-0.3, -0.25) is 0 Å². The molecule has 2 rings (SSSR count). The summed E-state index contributed by atoms with van der Waals surface area (Å²) >= 11 is 0. The van der Waals surface area contributed by atoms with Crippen LogP contribution in [0.2, 0.25) is 0 Å². The van der Waals surface area contributed by atoms with Crippen LogP contribution in [0, 0.1) is 6.92 Å². The molecule has 2 aromatic rings. The fourth-order valence-corrected chi connectivity index (χ4v) is 2.33. The van der Waals surface area contributed by atoms with E-state index < -0.39 is 0 Å². The maximum Gasteiger partial charge on any atom is 0.161 e. The molecule has 1 aromatic carbocycles. The van der Waals surface area contributed by atoms with Gasteiger partial charge in [0.1, 0.15) is 11.5 Å². The van der Waals surface area contributed by atoms with Gasteiger partial charge >= 0.3 is 0 Å². The third-order valence-corrected chi connectivity index (χ3v) is 3.78. The van der Waals surface area contributed by atoms with E-state index in [1.54, 1.807) is 7.11 Å². The predicted octanol–water partition coefficient (Wildman–Crippen LogP) is 4.63. The molecule has 0 aliphatic heterocycles. The topological polar surface area (TPSA) is 43.6 Å². The number of rotatable bonds is 9. The molecule has 0 bridgehead atoms. The molecule has 1 N–H and O–H groups in total. The number of nitrogens with one attached hydrogen (secondary N) is 1. The normalized spacial score (nSPS) is 12.2. The van der Waals surface area contributed by atoms with E-state index in [9.17, 15) is 0 Å². The number of hydrogen-bond donors (Lipinski definition) is 1. The molecule has 0 radical (unpaired) electrons. The number of methoxy groups -OCH3 is 1. The van der Waals surface area contributed by atoms with Crippen molar-refractivity contribution in [2.75, 3.05) is 13.7 Å². The second kappa shape index (κ2) is 8.63. The first-order valence-corrected chi connectivity index (χ1v) is 8.23. The number of ether oxygens (including phenoxy) is 2. The van der Waals surface area contributed by atoms with Crippen LogP contribution in [0.15, 0.2) is 34.7 Å². The van der Waals surface area contributed by atoms with Gasteiger partial charge < -0.3 is 19.2 Å². The van der Waals surface area contributed by atoms with Gasteiger partial charge in [0.2, 0.25) is 0 Å². The molecule has 1 unspecified atom stereocenters. The summed E-state index contributed by atoms with van der Waals surface area (Å²) in [6, 6.07) is 10.2. The van der Waals surface area contributed by atoms with Crippen molar-refractivity contribution in [2.24, 2.45) is 0 Å². The van der Waals surface area contributed by atoms with Gasteiger partial charge in [0.05, 0.1) is 19.8 Å². The molecule has 1 atom stereocenters. The summed E-state index contributed by atoms with van der Waals surface area (Å²) in [5.41, 5.74) is 1.15. The summed E-state index contributed by atoms with van der Waals surface area (Å²) < 4.78 is 16.8. The minimum atomic E-state index is 0.162. The largest absolute Gasteiger partial charge is 0.493 e. The first kappa shape index (κ1) is 17.4. The Morgan fingerprint density at radius 1 is 1.17 bits per heavy atom. The molecule has 126 valence electrons. The van der Waals surface area contributed by atoms with E-state index in [0.29, 0.717) is 0 Å². The average molecular weight is 317 g/mol. The maximum absolute atomic E-state index is 5.76. The Morgan fingerprint density at radius 2 is 2.00 bits per heavy atom. The van der Waals surface area contributed by atoms with E-state index in [1.165, 1.54) is 0 Å². The van der Waals surface area contributed by atoms with Crippen molar-refractivity contribution in [1.82, 2.24) is 5.32 Å². The van der Waals surface area contributed by atoms with Gasteiger partial charge in [0.15, 0.2) is 11.5 Å². The smallest absolute Gasteiger partial charge is 0.161 e. The van der Waals surface area contributed by atoms with Crippen molar-refractivity contribution in [2.45, 2.75) is 46.2 Å². The van der Waals surface area contributed by atoms with Gasteiger partial charge in [0, 0.05) is 6.54 Å². The van der Waals surface area contributed by atoms with Gasteiger partial charge in [-0.1, -0.05) is 19.4 Å². The van der Waals surface area contributed by atoms with E-state index in [-0.39, 0.29) is 6.04 Å². The molecule has 1 heterocycles. The zero-order valence-electron chi connectivity index (χ0n) is 14.5. The van der Waals surface area contributed by atoms with Crippen LogP contribution >= 0.6 is 0 Å². The standard InChI is InChI=1S/C19H27NO3/c1-5-6-11-22-18-10-8-16(12-19(18)21-4)13-20-15(3)17-9-7-14(2)23-17/h7-10,12,15,20H,5-6,11,13H2,1-4H3. The SMILES string of the molecule is CCCCOc1ccc(CNC(C)c2ccc(C)o2)cc1OC. The molecule has 0 saturated heterocycles. The zero-order valence-corrected chi connectivity index (χ0v) is 14.5. The van der Waals surface area contributed by atoms with Crippen LogP contribution in [0.25, 0.3) is 0 Å². The number of hydrogen-bond acceptors (Lipinski definition) is 4. The number of benzene rings is 1. The molecular weight excluding hydrogens is 290 g/mol. The molecule has 0 aliphatic rings. The molecule has 4 nitrogen and oxygen atoms in total. The first-order valence-electron chi connectivity index (χ1n) is 8.23. The van der Waals surface area contributed by atoms with Crippen molar-refractivity contribution < 1.29 is 13.9 Å². The third kappa shape index (κ3) is 5.03. The molecule has 0 aliphatic carbocycles. The Kier molecular flexibility index (Phi) is 6.53. The average Bonchev–Trinajstić information content (AvgIpc) is 3.00. The van der Waals surface area contributed by atoms with Crippen molar-refractivity contribution in [1.29, 1.82) is 0 Å². The molecular formula is C19H27NO3. The monoisotopic (exact) mass is 317 g/mol. The molecule has 0 amide bonds. The fourth-order valence-electron chi connectivity index (χ4n) is 2.33. The van der Waals surface area contributed by atoms with Crippen LogP contribution in [0.1, 0.15) is 49.8 Å². The summed E-state index contributed by atoms with van der Waals surface area (Å²) in [5.74, 6) is 3.47.